The van der Waals surface area contributed by atoms with Gasteiger partial charge in [0.25, 0.3) is 0 Å². The first-order valence-electron chi connectivity index (χ1n) is 5.44. The predicted molar refractivity (Wildman–Crippen MR) is 69.9 cm³/mol. The quantitative estimate of drug-likeness (QED) is 0.868. The van der Waals surface area contributed by atoms with Crippen molar-refractivity contribution in [2.24, 2.45) is 0 Å². The molecule has 1 heterocycles. The molecule has 0 aliphatic heterocycles. The number of halogens is 1. The van der Waals surface area contributed by atoms with Crippen LogP contribution in [-0.4, -0.2) is 24.4 Å². The molecule has 0 N–H and O–H groups in total. The maximum atomic E-state index is 5.33. The first-order valence-corrected chi connectivity index (χ1v) is 6.23. The van der Waals surface area contributed by atoms with Crippen LogP contribution in [0.2, 0.25) is 0 Å². The summed E-state index contributed by atoms with van der Waals surface area (Å²) < 4.78 is 16.6. The summed E-state index contributed by atoms with van der Waals surface area (Å²) in [5.74, 6) is 2.31. The fourth-order valence-electron chi connectivity index (χ4n) is 1.60. The third-order valence-corrected chi connectivity index (χ3v) is 2.92. The van der Waals surface area contributed by atoms with Gasteiger partial charge in [-0.15, -0.1) is 0 Å². The van der Waals surface area contributed by atoms with Crippen molar-refractivity contribution in [2.75, 3.05) is 14.2 Å². The molecule has 0 unspecified atom stereocenters. The molecule has 2 rings (SSSR count). The van der Waals surface area contributed by atoms with Gasteiger partial charge in [0.2, 0.25) is 11.7 Å². The van der Waals surface area contributed by atoms with E-state index in [1.165, 1.54) is 0 Å². The molecule has 2 aromatic rings. The van der Waals surface area contributed by atoms with Crippen molar-refractivity contribution in [3.8, 4) is 22.9 Å². The fourth-order valence-corrected chi connectivity index (χ4v) is 2.02. The minimum Gasteiger partial charge on any atom is -0.496 e. The molecule has 1 aromatic carbocycles. The van der Waals surface area contributed by atoms with Crippen LogP contribution in [0.25, 0.3) is 11.4 Å². The molecule has 0 saturated heterocycles. The predicted octanol–water partition coefficient (Wildman–Crippen LogP) is 3.08. The van der Waals surface area contributed by atoms with Crippen molar-refractivity contribution in [1.82, 2.24) is 10.1 Å². The first-order chi connectivity index (χ1) is 8.69. The zero-order valence-corrected chi connectivity index (χ0v) is 11.9. The number of benzene rings is 1. The number of hydrogen-bond acceptors (Lipinski definition) is 5. The summed E-state index contributed by atoms with van der Waals surface area (Å²) in [7, 11) is 3.18. The lowest BCUT2D eigenvalue weighted by Gasteiger charge is -2.10. The van der Waals surface area contributed by atoms with E-state index in [9.17, 15) is 0 Å². The van der Waals surface area contributed by atoms with Gasteiger partial charge >= 0.3 is 0 Å². The molecule has 0 saturated carbocycles. The number of hydrogen-bond donors (Lipinski definition) is 0. The smallest absolute Gasteiger partial charge is 0.226 e. The summed E-state index contributed by atoms with van der Waals surface area (Å²) in [4.78, 5) is 4.29. The molecule has 0 aliphatic carbocycles. The van der Waals surface area contributed by atoms with Crippen molar-refractivity contribution >= 4 is 15.9 Å². The third kappa shape index (κ3) is 2.33. The van der Waals surface area contributed by atoms with Gasteiger partial charge in [0.1, 0.15) is 17.1 Å². The summed E-state index contributed by atoms with van der Waals surface area (Å²) in [5.41, 5.74) is 0.687. The molecule has 6 heteroatoms. The molecule has 0 amide bonds. The summed E-state index contributed by atoms with van der Waals surface area (Å²) in [6.07, 6.45) is 0.689. The van der Waals surface area contributed by atoms with Crippen LogP contribution in [0.15, 0.2) is 21.1 Å². The molecule has 96 valence electrons. The summed E-state index contributed by atoms with van der Waals surface area (Å²) >= 11 is 3.40. The molecule has 0 spiro atoms. The van der Waals surface area contributed by atoms with Crippen LogP contribution in [0.4, 0.5) is 0 Å². The lowest BCUT2D eigenvalue weighted by atomic mass is 10.1. The van der Waals surface area contributed by atoms with Crippen molar-refractivity contribution < 1.29 is 14.0 Å². The van der Waals surface area contributed by atoms with Gasteiger partial charge in [0, 0.05) is 10.9 Å². The van der Waals surface area contributed by atoms with Crippen LogP contribution in [0.3, 0.4) is 0 Å². The topological polar surface area (TPSA) is 57.4 Å². The van der Waals surface area contributed by atoms with E-state index in [4.69, 9.17) is 14.0 Å². The number of rotatable bonds is 4. The highest BCUT2D eigenvalue weighted by molar-refractivity contribution is 9.10. The standard InChI is InChI=1S/C12H13BrN2O3/c1-4-10-14-12(15-18-10)11-8(16-2)5-7(13)6-9(11)17-3/h5-6H,4H2,1-3H3. The minimum absolute atomic E-state index is 0.466. The Morgan fingerprint density at radius 2 is 1.83 bits per heavy atom. The van der Waals surface area contributed by atoms with Gasteiger partial charge in [-0.3, -0.25) is 0 Å². The zero-order valence-electron chi connectivity index (χ0n) is 10.4. The Morgan fingerprint density at radius 3 is 2.28 bits per heavy atom. The van der Waals surface area contributed by atoms with E-state index >= 15 is 0 Å². The molecule has 0 bridgehead atoms. The normalized spacial score (nSPS) is 10.4. The molecular formula is C12H13BrN2O3. The molecule has 0 atom stereocenters. The van der Waals surface area contributed by atoms with E-state index < -0.39 is 0 Å². The largest absolute Gasteiger partial charge is 0.496 e. The van der Waals surface area contributed by atoms with Gasteiger partial charge < -0.3 is 14.0 Å². The molecule has 0 radical (unpaired) electrons. The van der Waals surface area contributed by atoms with Crippen LogP contribution in [0.5, 0.6) is 11.5 Å². The minimum atomic E-state index is 0.466. The second-order valence-electron chi connectivity index (χ2n) is 3.55. The summed E-state index contributed by atoms with van der Waals surface area (Å²) in [5, 5.41) is 3.94. The fraction of sp³-hybridized carbons (Fsp3) is 0.333. The molecule has 0 fully saturated rings. The van der Waals surface area contributed by atoms with Crippen molar-refractivity contribution in [1.29, 1.82) is 0 Å². The maximum absolute atomic E-state index is 5.33. The number of aryl methyl sites for hydroxylation is 1. The molecule has 0 aliphatic rings. The Hall–Kier alpha value is -1.56. The number of aromatic nitrogens is 2. The number of methoxy groups -OCH3 is 2. The Bertz CT molecular complexity index is 529. The van der Waals surface area contributed by atoms with Gasteiger partial charge in [-0.1, -0.05) is 28.0 Å². The van der Waals surface area contributed by atoms with E-state index in [1.807, 2.05) is 19.1 Å². The average molecular weight is 313 g/mol. The van der Waals surface area contributed by atoms with E-state index in [0.29, 0.717) is 35.2 Å². The molecule has 18 heavy (non-hydrogen) atoms. The second-order valence-corrected chi connectivity index (χ2v) is 4.47. The Kier molecular flexibility index (Phi) is 3.86. The van der Waals surface area contributed by atoms with Gasteiger partial charge in [0.15, 0.2) is 0 Å². The van der Waals surface area contributed by atoms with Crippen LogP contribution in [-0.2, 0) is 6.42 Å². The first kappa shape index (κ1) is 12.9. The molecule has 5 nitrogen and oxygen atoms in total. The lowest BCUT2D eigenvalue weighted by Crippen LogP contribution is -1.95. The van der Waals surface area contributed by atoms with Gasteiger partial charge in [0.05, 0.1) is 14.2 Å². The van der Waals surface area contributed by atoms with E-state index in [2.05, 4.69) is 26.1 Å². The van der Waals surface area contributed by atoms with Gasteiger partial charge in [-0.2, -0.15) is 4.98 Å². The Morgan fingerprint density at radius 1 is 1.22 bits per heavy atom. The summed E-state index contributed by atoms with van der Waals surface area (Å²) in [6, 6.07) is 3.67. The van der Waals surface area contributed by atoms with Crippen LogP contribution in [0, 0.1) is 0 Å². The van der Waals surface area contributed by atoms with E-state index in [0.717, 1.165) is 4.47 Å². The maximum Gasteiger partial charge on any atom is 0.226 e. The SMILES string of the molecule is CCc1nc(-c2c(OC)cc(Br)cc2OC)no1. The second kappa shape index (κ2) is 5.39. The molecule has 1 aromatic heterocycles. The van der Waals surface area contributed by atoms with E-state index in [-0.39, 0.29) is 0 Å². The van der Waals surface area contributed by atoms with Gasteiger partial charge in [-0.05, 0) is 12.1 Å². The Labute approximate surface area is 113 Å². The van der Waals surface area contributed by atoms with Crippen LogP contribution in [0.1, 0.15) is 12.8 Å². The Balaban J connectivity index is 2.60. The number of ether oxygens (including phenoxy) is 2. The number of nitrogens with zero attached hydrogens (tertiary/aromatic N) is 2. The van der Waals surface area contributed by atoms with Crippen LogP contribution < -0.4 is 9.47 Å². The molecular weight excluding hydrogens is 300 g/mol. The highest BCUT2D eigenvalue weighted by atomic mass is 79.9. The highest BCUT2D eigenvalue weighted by Gasteiger charge is 2.19. The van der Waals surface area contributed by atoms with Gasteiger partial charge in [-0.25, -0.2) is 0 Å². The monoisotopic (exact) mass is 312 g/mol. The van der Waals surface area contributed by atoms with Crippen molar-refractivity contribution in [3.05, 3.63) is 22.5 Å². The zero-order chi connectivity index (χ0) is 13.1. The van der Waals surface area contributed by atoms with Crippen molar-refractivity contribution in [3.63, 3.8) is 0 Å². The highest BCUT2D eigenvalue weighted by Crippen LogP contribution is 2.39. The lowest BCUT2D eigenvalue weighted by molar-refractivity contribution is 0.379. The van der Waals surface area contributed by atoms with E-state index in [1.54, 1.807) is 14.2 Å². The van der Waals surface area contributed by atoms with Crippen molar-refractivity contribution in [2.45, 2.75) is 13.3 Å². The van der Waals surface area contributed by atoms with Crippen LogP contribution >= 0.6 is 15.9 Å². The third-order valence-electron chi connectivity index (χ3n) is 2.46. The summed E-state index contributed by atoms with van der Waals surface area (Å²) in [6.45, 7) is 1.95. The average Bonchev–Trinajstić information content (AvgIpc) is 2.85.